The molecule has 21 heavy (non-hydrogen) atoms. The molecule has 0 bridgehead atoms. The van der Waals surface area contributed by atoms with Crippen LogP contribution in [0.1, 0.15) is 19.4 Å². The van der Waals surface area contributed by atoms with E-state index in [-0.39, 0.29) is 5.91 Å². The van der Waals surface area contributed by atoms with Crippen molar-refractivity contribution in [3.63, 3.8) is 0 Å². The van der Waals surface area contributed by atoms with Gasteiger partial charge in [0.15, 0.2) is 17.2 Å². The van der Waals surface area contributed by atoms with Gasteiger partial charge in [-0.2, -0.15) is 0 Å². The number of nitrogens with zero attached hydrogens (tertiary/aromatic N) is 2. The maximum atomic E-state index is 12.6. The summed E-state index contributed by atoms with van der Waals surface area (Å²) in [4.78, 5) is 18.5. The third-order valence-electron chi connectivity index (χ3n) is 3.42. The summed E-state index contributed by atoms with van der Waals surface area (Å²) in [6, 6.07) is 11.5. The molecule has 0 saturated carbocycles. The number of rotatable bonds is 2. The maximum Gasteiger partial charge on any atom is 0.272 e. The standard InChI is InChI=1S/C16H17N3O2/c1-16(2)15(20)19(10-11-6-4-3-5-7-11)14-13(21-16)8-12(17)9-18-14/h3-9H,10,17H2,1-2H3. The third kappa shape index (κ3) is 2.42. The highest BCUT2D eigenvalue weighted by Gasteiger charge is 2.41. The van der Waals surface area contributed by atoms with E-state index in [1.54, 1.807) is 24.8 Å². The van der Waals surface area contributed by atoms with Gasteiger partial charge in [0.25, 0.3) is 5.91 Å². The summed E-state index contributed by atoms with van der Waals surface area (Å²) in [5.74, 6) is 0.934. The fourth-order valence-corrected chi connectivity index (χ4v) is 2.38. The van der Waals surface area contributed by atoms with Gasteiger partial charge in [-0.1, -0.05) is 30.3 Å². The van der Waals surface area contributed by atoms with Crippen molar-refractivity contribution in [2.45, 2.75) is 26.0 Å². The van der Waals surface area contributed by atoms with Crippen molar-refractivity contribution in [1.82, 2.24) is 4.98 Å². The summed E-state index contributed by atoms with van der Waals surface area (Å²) in [5, 5.41) is 0. The van der Waals surface area contributed by atoms with Gasteiger partial charge in [-0.25, -0.2) is 4.98 Å². The molecule has 2 N–H and O–H groups in total. The van der Waals surface area contributed by atoms with E-state index in [1.165, 1.54) is 6.20 Å². The van der Waals surface area contributed by atoms with Gasteiger partial charge in [-0.05, 0) is 19.4 Å². The van der Waals surface area contributed by atoms with Gasteiger partial charge in [0.05, 0.1) is 18.4 Å². The first kappa shape index (κ1) is 13.4. The van der Waals surface area contributed by atoms with E-state index in [2.05, 4.69) is 4.98 Å². The highest BCUT2D eigenvalue weighted by molar-refractivity contribution is 6.01. The molecule has 2 heterocycles. The second-order valence-corrected chi connectivity index (χ2v) is 5.58. The molecule has 108 valence electrons. The van der Waals surface area contributed by atoms with Crippen LogP contribution in [-0.4, -0.2) is 16.5 Å². The van der Waals surface area contributed by atoms with E-state index in [0.717, 1.165) is 5.56 Å². The Hall–Kier alpha value is -2.56. The minimum absolute atomic E-state index is 0.115. The zero-order chi connectivity index (χ0) is 15.0. The topological polar surface area (TPSA) is 68.5 Å². The van der Waals surface area contributed by atoms with E-state index < -0.39 is 5.60 Å². The molecule has 0 fully saturated rings. The molecule has 1 aromatic carbocycles. The van der Waals surface area contributed by atoms with Crippen LogP contribution in [0.3, 0.4) is 0 Å². The lowest BCUT2D eigenvalue weighted by Gasteiger charge is -2.37. The molecule has 1 aliphatic rings. The van der Waals surface area contributed by atoms with E-state index in [1.807, 2.05) is 30.3 Å². The smallest absolute Gasteiger partial charge is 0.272 e. The van der Waals surface area contributed by atoms with Crippen molar-refractivity contribution in [3.8, 4) is 5.75 Å². The molecule has 1 aromatic heterocycles. The first-order valence-electron chi connectivity index (χ1n) is 6.78. The Kier molecular flexibility index (Phi) is 3.05. The lowest BCUT2D eigenvalue weighted by molar-refractivity contribution is -0.132. The molecule has 0 radical (unpaired) electrons. The number of hydrogen-bond acceptors (Lipinski definition) is 4. The van der Waals surface area contributed by atoms with Gasteiger partial charge in [-0.15, -0.1) is 0 Å². The molecule has 2 aromatic rings. The SMILES string of the molecule is CC1(C)Oc2cc(N)cnc2N(Cc2ccccc2)C1=O. The van der Waals surface area contributed by atoms with Crippen molar-refractivity contribution in [1.29, 1.82) is 0 Å². The van der Waals surface area contributed by atoms with Crippen LogP contribution in [0.4, 0.5) is 11.5 Å². The summed E-state index contributed by atoms with van der Waals surface area (Å²) in [7, 11) is 0. The Balaban J connectivity index is 2.04. The van der Waals surface area contributed by atoms with Crippen molar-refractivity contribution < 1.29 is 9.53 Å². The molecular weight excluding hydrogens is 266 g/mol. The van der Waals surface area contributed by atoms with Crippen molar-refractivity contribution in [2.75, 3.05) is 10.6 Å². The van der Waals surface area contributed by atoms with Gasteiger partial charge < -0.3 is 10.5 Å². The van der Waals surface area contributed by atoms with E-state index in [0.29, 0.717) is 23.8 Å². The molecule has 3 rings (SSSR count). The number of nitrogens with two attached hydrogens (primary N) is 1. The Morgan fingerprint density at radius 2 is 2.00 bits per heavy atom. The average molecular weight is 283 g/mol. The van der Waals surface area contributed by atoms with Crippen LogP contribution in [0, 0.1) is 0 Å². The first-order chi connectivity index (χ1) is 9.97. The highest BCUT2D eigenvalue weighted by atomic mass is 16.5. The van der Waals surface area contributed by atoms with E-state index >= 15 is 0 Å². The fourth-order valence-electron chi connectivity index (χ4n) is 2.38. The Morgan fingerprint density at radius 1 is 1.29 bits per heavy atom. The minimum Gasteiger partial charge on any atom is -0.474 e. The normalized spacial score (nSPS) is 16.3. The monoisotopic (exact) mass is 283 g/mol. The van der Waals surface area contributed by atoms with Crippen LogP contribution in [0.25, 0.3) is 0 Å². The summed E-state index contributed by atoms with van der Waals surface area (Å²) < 4.78 is 5.75. The number of carbonyl (C=O) groups is 1. The number of carbonyl (C=O) groups excluding carboxylic acids is 1. The predicted octanol–water partition coefficient (Wildman–Crippen LogP) is 2.37. The van der Waals surface area contributed by atoms with Crippen LogP contribution in [0.2, 0.25) is 0 Å². The molecule has 0 unspecified atom stereocenters. The lowest BCUT2D eigenvalue weighted by Crippen LogP contribution is -2.52. The number of benzene rings is 1. The zero-order valence-electron chi connectivity index (χ0n) is 12.0. The Bertz CT molecular complexity index is 683. The molecule has 0 atom stereocenters. The van der Waals surface area contributed by atoms with Crippen molar-refractivity contribution in [3.05, 3.63) is 48.2 Å². The highest BCUT2D eigenvalue weighted by Crippen LogP contribution is 2.37. The molecule has 0 aliphatic carbocycles. The van der Waals surface area contributed by atoms with Crippen molar-refractivity contribution >= 4 is 17.4 Å². The molecule has 5 heteroatoms. The second kappa shape index (κ2) is 4.77. The van der Waals surface area contributed by atoms with Crippen LogP contribution in [0.5, 0.6) is 5.75 Å². The number of ether oxygens (including phenoxy) is 1. The van der Waals surface area contributed by atoms with Crippen LogP contribution in [-0.2, 0) is 11.3 Å². The maximum absolute atomic E-state index is 12.6. The second-order valence-electron chi connectivity index (χ2n) is 5.58. The molecule has 0 saturated heterocycles. The number of pyridine rings is 1. The van der Waals surface area contributed by atoms with E-state index in [9.17, 15) is 4.79 Å². The molecule has 1 aliphatic heterocycles. The Labute approximate surface area is 123 Å². The van der Waals surface area contributed by atoms with Gasteiger partial charge in [0.1, 0.15) is 0 Å². The van der Waals surface area contributed by atoms with Crippen molar-refractivity contribution in [2.24, 2.45) is 0 Å². The van der Waals surface area contributed by atoms with Crippen LogP contribution >= 0.6 is 0 Å². The summed E-state index contributed by atoms with van der Waals surface area (Å²) >= 11 is 0. The number of fused-ring (bicyclic) bond motifs is 1. The van der Waals surface area contributed by atoms with E-state index in [4.69, 9.17) is 10.5 Å². The average Bonchev–Trinajstić information content (AvgIpc) is 2.44. The summed E-state index contributed by atoms with van der Waals surface area (Å²) in [5.41, 5.74) is 6.37. The lowest BCUT2D eigenvalue weighted by atomic mass is 10.0. The van der Waals surface area contributed by atoms with Crippen LogP contribution < -0.4 is 15.4 Å². The van der Waals surface area contributed by atoms with Gasteiger partial charge >= 0.3 is 0 Å². The molecule has 0 spiro atoms. The number of amides is 1. The zero-order valence-corrected chi connectivity index (χ0v) is 12.0. The molecule has 5 nitrogen and oxygen atoms in total. The number of anilines is 2. The first-order valence-corrected chi connectivity index (χ1v) is 6.78. The largest absolute Gasteiger partial charge is 0.474 e. The molecular formula is C16H17N3O2. The molecule has 1 amide bonds. The van der Waals surface area contributed by atoms with Gasteiger partial charge in [0.2, 0.25) is 0 Å². The fraction of sp³-hybridized carbons (Fsp3) is 0.250. The van der Waals surface area contributed by atoms with Gasteiger partial charge in [0, 0.05) is 6.07 Å². The number of hydrogen-bond donors (Lipinski definition) is 1. The Morgan fingerprint density at radius 3 is 2.71 bits per heavy atom. The number of nitrogen functional groups attached to an aromatic ring is 1. The predicted molar refractivity (Wildman–Crippen MR) is 81.0 cm³/mol. The van der Waals surface area contributed by atoms with Crippen LogP contribution in [0.15, 0.2) is 42.6 Å². The quantitative estimate of drug-likeness (QED) is 0.918. The minimum atomic E-state index is -0.933. The third-order valence-corrected chi connectivity index (χ3v) is 3.42. The number of aromatic nitrogens is 1. The summed E-state index contributed by atoms with van der Waals surface area (Å²) in [6.07, 6.45) is 1.53. The summed E-state index contributed by atoms with van der Waals surface area (Å²) in [6.45, 7) is 3.95. The van der Waals surface area contributed by atoms with Gasteiger partial charge in [-0.3, -0.25) is 9.69 Å².